The molecule has 0 heterocycles. The number of aryl methyl sites for hydroxylation is 1. The Morgan fingerprint density at radius 2 is 1.84 bits per heavy atom. The summed E-state index contributed by atoms with van der Waals surface area (Å²) < 4.78 is 63.3. The molecule has 0 amide bonds. The highest BCUT2D eigenvalue weighted by Crippen LogP contribution is 2.47. The minimum atomic E-state index is -4.41. The molecule has 1 unspecified atom stereocenters. The molecule has 1 atom stereocenters. The summed E-state index contributed by atoms with van der Waals surface area (Å²) in [6.07, 6.45) is -5.00. The van der Waals surface area contributed by atoms with Gasteiger partial charge >= 0.3 is 6.18 Å². The third kappa shape index (κ3) is 2.88. The number of rotatable bonds is 2. The first kappa shape index (κ1) is 14.2. The maximum Gasteiger partial charge on any atom is 0.416 e. The van der Waals surface area contributed by atoms with Crippen molar-refractivity contribution < 1.29 is 22.0 Å². The Labute approximate surface area is 107 Å². The van der Waals surface area contributed by atoms with Crippen LogP contribution in [0, 0.1) is 12.8 Å². The topological polar surface area (TPSA) is 26.0 Å². The standard InChI is InChI=1S/C13H14F5N/c1-7-4-8(2-3-10(7)13(16,17)18)11(19)9-5-12(14,15)6-9/h2-4,9,11H,5-6,19H2,1H3. The van der Waals surface area contributed by atoms with E-state index in [0.29, 0.717) is 5.56 Å². The van der Waals surface area contributed by atoms with Crippen LogP contribution >= 0.6 is 0 Å². The van der Waals surface area contributed by atoms with E-state index in [1.807, 2.05) is 0 Å². The van der Waals surface area contributed by atoms with E-state index in [1.165, 1.54) is 19.1 Å². The fourth-order valence-corrected chi connectivity index (χ4v) is 2.45. The molecule has 1 nitrogen and oxygen atoms in total. The summed E-state index contributed by atoms with van der Waals surface area (Å²) in [5.74, 6) is -3.05. The lowest BCUT2D eigenvalue weighted by molar-refractivity contribution is -0.138. The number of hydrogen-bond donors (Lipinski definition) is 1. The first-order valence-electron chi connectivity index (χ1n) is 5.91. The summed E-state index contributed by atoms with van der Waals surface area (Å²) >= 11 is 0. The minimum Gasteiger partial charge on any atom is -0.324 e. The molecule has 1 aromatic carbocycles. The smallest absolute Gasteiger partial charge is 0.324 e. The summed E-state index contributed by atoms with van der Waals surface area (Å²) in [5.41, 5.74) is 5.65. The van der Waals surface area contributed by atoms with Crippen LogP contribution in [0.1, 0.15) is 35.6 Å². The molecule has 1 fully saturated rings. The maximum absolute atomic E-state index is 12.8. The summed E-state index contributed by atoms with van der Waals surface area (Å²) in [4.78, 5) is 0. The van der Waals surface area contributed by atoms with Crippen LogP contribution in [0.3, 0.4) is 0 Å². The van der Waals surface area contributed by atoms with E-state index in [1.54, 1.807) is 0 Å². The fraction of sp³-hybridized carbons (Fsp3) is 0.538. The Morgan fingerprint density at radius 1 is 1.26 bits per heavy atom. The molecule has 1 aliphatic rings. The highest BCUT2D eigenvalue weighted by molar-refractivity contribution is 5.35. The van der Waals surface area contributed by atoms with Gasteiger partial charge in [0.25, 0.3) is 0 Å². The van der Waals surface area contributed by atoms with E-state index < -0.39 is 23.7 Å². The predicted octanol–water partition coefficient (Wildman–Crippen LogP) is 4.06. The second-order valence-corrected chi connectivity index (χ2v) is 5.12. The van der Waals surface area contributed by atoms with Crippen molar-refractivity contribution >= 4 is 0 Å². The molecule has 0 radical (unpaired) electrons. The lowest BCUT2D eigenvalue weighted by Crippen LogP contribution is -2.41. The van der Waals surface area contributed by atoms with E-state index in [2.05, 4.69) is 0 Å². The minimum absolute atomic E-state index is 0.0616. The average Bonchev–Trinajstić information content (AvgIpc) is 2.22. The van der Waals surface area contributed by atoms with Crippen molar-refractivity contribution in [3.63, 3.8) is 0 Å². The van der Waals surface area contributed by atoms with Crippen molar-refractivity contribution in [3.05, 3.63) is 34.9 Å². The molecule has 1 aliphatic carbocycles. The third-order valence-electron chi connectivity index (χ3n) is 3.57. The Hall–Kier alpha value is -1.17. The summed E-state index contributed by atoms with van der Waals surface area (Å²) in [7, 11) is 0. The number of halogens is 5. The number of nitrogens with two attached hydrogens (primary N) is 1. The second-order valence-electron chi connectivity index (χ2n) is 5.12. The molecule has 0 saturated heterocycles. The lowest BCUT2D eigenvalue weighted by atomic mass is 9.74. The fourth-order valence-electron chi connectivity index (χ4n) is 2.45. The Balaban J connectivity index is 2.17. The zero-order valence-electron chi connectivity index (χ0n) is 10.3. The molecule has 1 aromatic rings. The summed E-state index contributed by atoms with van der Waals surface area (Å²) in [6.45, 7) is 1.34. The van der Waals surface area contributed by atoms with Crippen molar-refractivity contribution in [2.75, 3.05) is 0 Å². The zero-order valence-corrected chi connectivity index (χ0v) is 10.3. The molecular weight excluding hydrogens is 265 g/mol. The SMILES string of the molecule is Cc1cc(C(N)C2CC(F)(F)C2)ccc1C(F)(F)F. The normalized spacial score (nSPS) is 21.0. The van der Waals surface area contributed by atoms with Crippen molar-refractivity contribution in [2.45, 2.75) is 37.9 Å². The molecule has 1 saturated carbocycles. The average molecular weight is 279 g/mol. The number of alkyl halides is 5. The van der Waals surface area contributed by atoms with Crippen LogP contribution in [0.4, 0.5) is 22.0 Å². The molecule has 0 aromatic heterocycles. The molecule has 0 aliphatic heterocycles. The summed E-state index contributed by atoms with van der Waals surface area (Å²) in [6, 6.07) is 2.93. The van der Waals surface area contributed by atoms with Crippen LogP contribution in [-0.2, 0) is 6.18 Å². The third-order valence-corrected chi connectivity index (χ3v) is 3.57. The van der Waals surface area contributed by atoms with Gasteiger partial charge in [-0.2, -0.15) is 13.2 Å². The van der Waals surface area contributed by atoms with Gasteiger partial charge in [0, 0.05) is 18.9 Å². The molecule has 2 rings (SSSR count). The van der Waals surface area contributed by atoms with Crippen molar-refractivity contribution in [1.29, 1.82) is 0 Å². The molecule has 0 spiro atoms. The Kier molecular flexibility index (Phi) is 3.33. The van der Waals surface area contributed by atoms with Gasteiger partial charge in [0.15, 0.2) is 0 Å². The van der Waals surface area contributed by atoms with Gasteiger partial charge in [0.1, 0.15) is 0 Å². The molecule has 0 bridgehead atoms. The van der Waals surface area contributed by atoms with Crippen LogP contribution in [-0.4, -0.2) is 5.92 Å². The first-order chi connectivity index (χ1) is 8.60. The van der Waals surface area contributed by atoms with Crippen LogP contribution in [0.5, 0.6) is 0 Å². The van der Waals surface area contributed by atoms with Crippen molar-refractivity contribution in [2.24, 2.45) is 11.7 Å². The summed E-state index contributed by atoms with van der Waals surface area (Å²) in [5, 5.41) is 0. The second kappa shape index (κ2) is 4.44. The van der Waals surface area contributed by atoms with Gasteiger partial charge in [0.05, 0.1) is 5.56 Å². The van der Waals surface area contributed by atoms with Crippen molar-refractivity contribution in [1.82, 2.24) is 0 Å². The highest BCUT2D eigenvalue weighted by Gasteiger charge is 2.48. The Bertz CT molecular complexity index is 472. The monoisotopic (exact) mass is 279 g/mol. The number of hydrogen-bond acceptors (Lipinski definition) is 1. The van der Waals surface area contributed by atoms with Gasteiger partial charge in [-0.25, -0.2) is 8.78 Å². The molecule has 2 N–H and O–H groups in total. The van der Waals surface area contributed by atoms with Gasteiger partial charge in [-0.15, -0.1) is 0 Å². The predicted molar refractivity (Wildman–Crippen MR) is 60.8 cm³/mol. The molecular formula is C13H14F5N. The zero-order chi connectivity index (χ0) is 14.4. The van der Waals surface area contributed by atoms with Crippen molar-refractivity contribution in [3.8, 4) is 0 Å². The lowest BCUT2D eigenvalue weighted by Gasteiger charge is -2.38. The first-order valence-corrected chi connectivity index (χ1v) is 5.91. The van der Waals surface area contributed by atoms with Gasteiger partial charge < -0.3 is 5.73 Å². The van der Waals surface area contributed by atoms with E-state index in [-0.39, 0.29) is 24.3 Å². The van der Waals surface area contributed by atoms with E-state index in [9.17, 15) is 22.0 Å². The van der Waals surface area contributed by atoms with Gasteiger partial charge in [-0.3, -0.25) is 0 Å². The molecule has 19 heavy (non-hydrogen) atoms. The van der Waals surface area contributed by atoms with Crippen LogP contribution < -0.4 is 5.73 Å². The van der Waals surface area contributed by atoms with E-state index >= 15 is 0 Å². The largest absolute Gasteiger partial charge is 0.416 e. The quantitative estimate of drug-likeness (QED) is 0.812. The molecule has 106 valence electrons. The van der Waals surface area contributed by atoms with Crippen LogP contribution in [0.2, 0.25) is 0 Å². The van der Waals surface area contributed by atoms with Crippen LogP contribution in [0.15, 0.2) is 18.2 Å². The van der Waals surface area contributed by atoms with E-state index in [4.69, 9.17) is 5.73 Å². The van der Waals surface area contributed by atoms with Gasteiger partial charge in [-0.1, -0.05) is 12.1 Å². The van der Waals surface area contributed by atoms with Gasteiger partial charge in [0.2, 0.25) is 5.92 Å². The maximum atomic E-state index is 12.8. The Morgan fingerprint density at radius 3 is 2.26 bits per heavy atom. The van der Waals surface area contributed by atoms with Crippen LogP contribution in [0.25, 0.3) is 0 Å². The van der Waals surface area contributed by atoms with Gasteiger partial charge in [-0.05, 0) is 30.0 Å². The van der Waals surface area contributed by atoms with E-state index in [0.717, 1.165) is 6.07 Å². The number of benzene rings is 1. The highest BCUT2D eigenvalue weighted by atomic mass is 19.4. The molecule has 6 heteroatoms.